The lowest BCUT2D eigenvalue weighted by molar-refractivity contribution is -0.124. The monoisotopic (exact) mass is 481 g/mol. The van der Waals surface area contributed by atoms with Crippen molar-refractivity contribution < 1.29 is 19.4 Å². The van der Waals surface area contributed by atoms with Gasteiger partial charge in [0.1, 0.15) is 0 Å². The zero-order chi connectivity index (χ0) is 19.8. The molecule has 0 saturated heterocycles. The number of carbonyl (C=O) groups is 2. The summed E-state index contributed by atoms with van der Waals surface area (Å²) in [4.78, 5) is 23.8. The number of halogens is 1. The highest BCUT2D eigenvalue weighted by molar-refractivity contribution is 14.1. The second kappa shape index (κ2) is 9.91. The van der Waals surface area contributed by atoms with E-state index >= 15 is 0 Å². The van der Waals surface area contributed by atoms with Crippen molar-refractivity contribution in [2.45, 2.75) is 19.8 Å². The maximum absolute atomic E-state index is 12.0. The van der Waals surface area contributed by atoms with E-state index in [1.165, 1.54) is 19.4 Å². The van der Waals surface area contributed by atoms with Gasteiger partial charge in [0.25, 0.3) is 0 Å². The molecule has 142 valence electrons. The molecule has 2 rings (SSSR count). The third-order valence-corrected chi connectivity index (χ3v) is 4.32. The van der Waals surface area contributed by atoms with Crippen LogP contribution in [0.5, 0.6) is 11.5 Å². The molecule has 2 aromatic rings. The number of hydrogen-bond acceptors (Lipinski definition) is 5. The number of nitrogens with one attached hydrogen (secondary N) is 2. The van der Waals surface area contributed by atoms with E-state index in [9.17, 15) is 14.7 Å². The highest BCUT2D eigenvalue weighted by atomic mass is 127. The van der Waals surface area contributed by atoms with E-state index in [2.05, 4.69) is 38.4 Å². The van der Waals surface area contributed by atoms with Crippen LogP contribution in [0.4, 0.5) is 5.69 Å². The van der Waals surface area contributed by atoms with Crippen molar-refractivity contribution >= 4 is 46.3 Å². The molecule has 0 unspecified atom stereocenters. The Kier molecular flexibility index (Phi) is 7.59. The Bertz CT molecular complexity index is 868. The number of phenolic OH excluding ortho intramolecular Hbond substituents is 1. The summed E-state index contributed by atoms with van der Waals surface area (Å²) in [7, 11) is 1.44. The Hall–Kier alpha value is -2.62. The topological polar surface area (TPSA) is 100 Å². The van der Waals surface area contributed by atoms with Crippen LogP contribution in [0.15, 0.2) is 41.5 Å². The largest absolute Gasteiger partial charge is 0.504 e. The normalized spacial score (nSPS) is 10.6. The Morgan fingerprint density at radius 1 is 1.19 bits per heavy atom. The molecular formula is C19H20IN3O4. The van der Waals surface area contributed by atoms with Gasteiger partial charge in [-0.2, -0.15) is 5.10 Å². The van der Waals surface area contributed by atoms with Crippen LogP contribution < -0.4 is 15.5 Å². The molecule has 0 atom stereocenters. The summed E-state index contributed by atoms with van der Waals surface area (Å²) in [5.41, 5.74) is 4.72. The van der Waals surface area contributed by atoms with Gasteiger partial charge in [0.05, 0.1) is 13.3 Å². The fraction of sp³-hybridized carbons (Fsp3) is 0.211. The number of rotatable bonds is 7. The number of aryl methyl sites for hydroxylation is 1. The van der Waals surface area contributed by atoms with Crippen LogP contribution >= 0.6 is 22.6 Å². The van der Waals surface area contributed by atoms with E-state index in [0.717, 1.165) is 14.8 Å². The smallest absolute Gasteiger partial charge is 0.240 e. The molecule has 0 radical (unpaired) electrons. The molecule has 0 fully saturated rings. The summed E-state index contributed by atoms with van der Waals surface area (Å²) >= 11 is 2.21. The second-order valence-electron chi connectivity index (χ2n) is 5.73. The number of methoxy groups -OCH3 is 1. The molecule has 0 aromatic heterocycles. The van der Waals surface area contributed by atoms with Gasteiger partial charge in [-0.25, -0.2) is 5.43 Å². The lowest BCUT2D eigenvalue weighted by atomic mass is 10.2. The van der Waals surface area contributed by atoms with Crippen LogP contribution in [0, 0.1) is 10.5 Å². The average Bonchev–Trinajstić information content (AvgIpc) is 2.63. The Morgan fingerprint density at radius 2 is 1.93 bits per heavy atom. The van der Waals surface area contributed by atoms with E-state index < -0.39 is 0 Å². The number of ether oxygens (including phenoxy) is 1. The van der Waals surface area contributed by atoms with Crippen molar-refractivity contribution in [2.75, 3.05) is 12.4 Å². The van der Waals surface area contributed by atoms with Gasteiger partial charge in [-0.15, -0.1) is 0 Å². The van der Waals surface area contributed by atoms with E-state index in [4.69, 9.17) is 4.74 Å². The predicted molar refractivity (Wildman–Crippen MR) is 112 cm³/mol. The summed E-state index contributed by atoms with van der Waals surface area (Å²) in [5, 5.41) is 16.2. The van der Waals surface area contributed by atoms with Gasteiger partial charge in [-0.1, -0.05) is 0 Å². The molecule has 0 saturated carbocycles. The number of hydrazone groups is 1. The van der Waals surface area contributed by atoms with Gasteiger partial charge in [-0.3, -0.25) is 9.59 Å². The molecule has 27 heavy (non-hydrogen) atoms. The molecule has 0 aliphatic rings. The summed E-state index contributed by atoms with van der Waals surface area (Å²) in [6.45, 7) is 1.91. The van der Waals surface area contributed by atoms with Gasteiger partial charge in [0.2, 0.25) is 11.8 Å². The second-order valence-corrected chi connectivity index (χ2v) is 6.98. The maximum atomic E-state index is 12.0. The lowest BCUT2D eigenvalue weighted by Gasteiger charge is -2.08. The van der Waals surface area contributed by atoms with E-state index in [1.54, 1.807) is 12.1 Å². The first kappa shape index (κ1) is 20.7. The van der Waals surface area contributed by atoms with Gasteiger partial charge in [-0.05, 0) is 77.0 Å². The van der Waals surface area contributed by atoms with Gasteiger partial charge in [0.15, 0.2) is 11.5 Å². The van der Waals surface area contributed by atoms with Crippen molar-refractivity contribution in [3.05, 3.63) is 51.1 Å². The molecule has 0 aliphatic carbocycles. The van der Waals surface area contributed by atoms with E-state index in [-0.39, 0.29) is 30.4 Å². The summed E-state index contributed by atoms with van der Waals surface area (Å²) in [6, 6.07) is 10.4. The summed E-state index contributed by atoms with van der Waals surface area (Å²) in [5.74, 6) is -0.269. The molecule has 8 heteroatoms. The minimum absolute atomic E-state index is 0.0193. The highest BCUT2D eigenvalue weighted by Gasteiger charge is 2.08. The highest BCUT2D eigenvalue weighted by Crippen LogP contribution is 2.25. The minimum Gasteiger partial charge on any atom is -0.504 e. The SMILES string of the molecule is COc1cc(/C=N/NC(=O)CCC(=O)Nc2ccc(I)cc2C)ccc1O. The zero-order valence-electron chi connectivity index (χ0n) is 15.0. The number of benzene rings is 2. The van der Waals surface area contributed by atoms with E-state index in [0.29, 0.717) is 11.3 Å². The molecule has 0 heterocycles. The molecule has 7 nitrogen and oxygen atoms in total. The fourth-order valence-electron chi connectivity index (χ4n) is 2.22. The molecule has 2 aromatic carbocycles. The number of nitrogens with zero attached hydrogens (tertiary/aromatic N) is 1. The fourth-order valence-corrected chi connectivity index (χ4v) is 2.86. The van der Waals surface area contributed by atoms with Crippen LogP contribution in [0.1, 0.15) is 24.0 Å². The molecule has 3 N–H and O–H groups in total. The van der Waals surface area contributed by atoms with Crippen molar-refractivity contribution in [2.24, 2.45) is 5.10 Å². The molecule has 0 spiro atoms. The third-order valence-electron chi connectivity index (χ3n) is 3.65. The molecular weight excluding hydrogens is 461 g/mol. The van der Waals surface area contributed by atoms with Crippen molar-refractivity contribution in [1.82, 2.24) is 5.43 Å². The summed E-state index contributed by atoms with van der Waals surface area (Å²) < 4.78 is 6.09. The van der Waals surface area contributed by atoms with Crippen LogP contribution in [-0.4, -0.2) is 30.2 Å². The summed E-state index contributed by atoms with van der Waals surface area (Å²) in [6.07, 6.45) is 1.50. The Balaban J connectivity index is 1.79. The standard InChI is InChI=1S/C19H20IN3O4/c1-12-9-14(20)4-5-15(12)22-18(25)7-8-19(26)23-21-11-13-3-6-16(24)17(10-13)27-2/h3-6,9-11,24H,7-8H2,1-2H3,(H,22,25)(H,23,26)/b21-11+. The quantitative estimate of drug-likeness (QED) is 0.321. The number of aromatic hydroxyl groups is 1. The molecule has 0 aliphatic heterocycles. The van der Waals surface area contributed by atoms with Gasteiger partial charge < -0.3 is 15.2 Å². The van der Waals surface area contributed by atoms with Crippen molar-refractivity contribution in [3.63, 3.8) is 0 Å². The molecule has 0 bridgehead atoms. The minimum atomic E-state index is -0.369. The number of phenols is 1. The third kappa shape index (κ3) is 6.55. The van der Waals surface area contributed by atoms with E-state index in [1.807, 2.05) is 25.1 Å². The number of amides is 2. The lowest BCUT2D eigenvalue weighted by Crippen LogP contribution is -2.20. The predicted octanol–water partition coefficient (Wildman–Crippen LogP) is 3.18. The average molecular weight is 481 g/mol. The first-order valence-electron chi connectivity index (χ1n) is 8.14. The van der Waals surface area contributed by atoms with Crippen molar-refractivity contribution in [1.29, 1.82) is 0 Å². The van der Waals surface area contributed by atoms with Crippen LogP contribution in [0.25, 0.3) is 0 Å². The van der Waals surface area contributed by atoms with Crippen LogP contribution in [0.3, 0.4) is 0 Å². The number of hydrogen-bond donors (Lipinski definition) is 3. The first-order chi connectivity index (χ1) is 12.9. The molecule has 2 amide bonds. The zero-order valence-corrected chi connectivity index (χ0v) is 17.1. The van der Waals surface area contributed by atoms with Crippen LogP contribution in [-0.2, 0) is 9.59 Å². The maximum Gasteiger partial charge on any atom is 0.240 e. The van der Waals surface area contributed by atoms with Crippen LogP contribution in [0.2, 0.25) is 0 Å². The van der Waals surface area contributed by atoms with Gasteiger partial charge in [0, 0.05) is 22.1 Å². The van der Waals surface area contributed by atoms with Gasteiger partial charge >= 0.3 is 0 Å². The Morgan fingerprint density at radius 3 is 2.63 bits per heavy atom. The number of carbonyl (C=O) groups excluding carboxylic acids is 2. The number of anilines is 1. The Labute approximate surface area is 171 Å². The first-order valence-corrected chi connectivity index (χ1v) is 9.22. The van der Waals surface area contributed by atoms with Crippen molar-refractivity contribution in [3.8, 4) is 11.5 Å².